The van der Waals surface area contributed by atoms with Crippen LogP contribution in [0.1, 0.15) is 45.4 Å². The van der Waals surface area contributed by atoms with E-state index in [2.05, 4.69) is 12.2 Å². The average molecular weight is 238 g/mol. The van der Waals surface area contributed by atoms with Crippen LogP contribution in [0.2, 0.25) is 0 Å². The van der Waals surface area contributed by atoms with Gasteiger partial charge in [-0.3, -0.25) is 14.5 Å². The Hall–Kier alpha value is -0.900. The Morgan fingerprint density at radius 1 is 1.24 bits per heavy atom. The van der Waals surface area contributed by atoms with E-state index in [9.17, 15) is 9.59 Å². The van der Waals surface area contributed by atoms with Gasteiger partial charge in [-0.25, -0.2) is 0 Å². The number of amides is 2. The van der Waals surface area contributed by atoms with Crippen LogP contribution in [-0.4, -0.2) is 35.8 Å². The summed E-state index contributed by atoms with van der Waals surface area (Å²) in [7, 11) is 0. The smallest absolute Gasteiger partial charge is 0.229 e. The number of rotatable bonds is 5. The minimum Gasteiger partial charge on any atom is -0.312 e. The standard InChI is InChI=1S/C13H22N2O2/c1-2-14-11(10-7-8-10)9-15-12(16)5-3-4-6-13(15)17/h10-11,14H,2-9H2,1H3. The molecule has 17 heavy (non-hydrogen) atoms. The third-order valence-corrected chi connectivity index (χ3v) is 3.67. The predicted molar refractivity (Wildman–Crippen MR) is 65.4 cm³/mol. The van der Waals surface area contributed by atoms with Crippen LogP contribution in [0.5, 0.6) is 0 Å². The Morgan fingerprint density at radius 3 is 2.29 bits per heavy atom. The second-order valence-electron chi connectivity index (χ2n) is 5.11. The molecule has 1 aliphatic heterocycles. The van der Waals surface area contributed by atoms with Crippen molar-refractivity contribution in [1.29, 1.82) is 0 Å². The van der Waals surface area contributed by atoms with Gasteiger partial charge in [-0.1, -0.05) is 6.92 Å². The number of likely N-dealkylation sites (N-methyl/N-ethyl adjacent to an activating group) is 1. The van der Waals surface area contributed by atoms with E-state index in [0.717, 1.165) is 19.4 Å². The lowest BCUT2D eigenvalue weighted by molar-refractivity contribution is -0.144. The molecule has 2 fully saturated rings. The maximum Gasteiger partial charge on any atom is 0.229 e. The van der Waals surface area contributed by atoms with Crippen LogP contribution in [-0.2, 0) is 9.59 Å². The molecule has 0 spiro atoms. The number of carbonyl (C=O) groups excluding carboxylic acids is 2. The van der Waals surface area contributed by atoms with E-state index in [-0.39, 0.29) is 11.8 Å². The van der Waals surface area contributed by atoms with E-state index in [0.29, 0.717) is 31.3 Å². The fourth-order valence-corrected chi connectivity index (χ4v) is 2.50. The highest BCUT2D eigenvalue weighted by Crippen LogP contribution is 2.33. The van der Waals surface area contributed by atoms with Gasteiger partial charge in [-0.2, -0.15) is 0 Å². The van der Waals surface area contributed by atoms with Gasteiger partial charge in [0.25, 0.3) is 0 Å². The molecular formula is C13H22N2O2. The number of carbonyl (C=O) groups is 2. The second-order valence-corrected chi connectivity index (χ2v) is 5.11. The van der Waals surface area contributed by atoms with Crippen molar-refractivity contribution >= 4 is 11.8 Å². The summed E-state index contributed by atoms with van der Waals surface area (Å²) >= 11 is 0. The molecule has 0 aromatic rings. The molecule has 1 heterocycles. The fraction of sp³-hybridized carbons (Fsp3) is 0.846. The lowest BCUT2D eigenvalue weighted by atomic mass is 10.1. The minimum atomic E-state index is 0.0241. The molecule has 1 saturated heterocycles. The maximum absolute atomic E-state index is 11.9. The highest BCUT2D eigenvalue weighted by molar-refractivity contribution is 5.96. The van der Waals surface area contributed by atoms with Crippen molar-refractivity contribution in [3.63, 3.8) is 0 Å². The van der Waals surface area contributed by atoms with Crippen LogP contribution in [0.15, 0.2) is 0 Å². The molecule has 2 amide bonds. The van der Waals surface area contributed by atoms with Crippen LogP contribution in [0.4, 0.5) is 0 Å². The molecule has 4 nitrogen and oxygen atoms in total. The Balaban J connectivity index is 1.97. The first-order valence-electron chi connectivity index (χ1n) is 6.79. The summed E-state index contributed by atoms with van der Waals surface area (Å²) in [5.74, 6) is 0.714. The van der Waals surface area contributed by atoms with Crippen molar-refractivity contribution in [2.45, 2.75) is 51.5 Å². The molecule has 1 unspecified atom stereocenters. The van der Waals surface area contributed by atoms with Crippen LogP contribution in [0.25, 0.3) is 0 Å². The Morgan fingerprint density at radius 2 is 1.82 bits per heavy atom. The highest BCUT2D eigenvalue weighted by Gasteiger charge is 2.34. The fourth-order valence-electron chi connectivity index (χ4n) is 2.50. The number of imide groups is 1. The maximum atomic E-state index is 11.9. The van der Waals surface area contributed by atoms with Gasteiger partial charge in [0.05, 0.1) is 0 Å². The second kappa shape index (κ2) is 5.63. The summed E-state index contributed by atoms with van der Waals surface area (Å²) in [6, 6.07) is 0.311. The summed E-state index contributed by atoms with van der Waals surface area (Å²) in [4.78, 5) is 25.3. The molecule has 1 aliphatic carbocycles. The predicted octanol–water partition coefficient (Wildman–Crippen LogP) is 1.30. The third kappa shape index (κ3) is 3.28. The zero-order valence-electron chi connectivity index (χ0n) is 10.6. The Kier molecular flexibility index (Phi) is 4.15. The van der Waals surface area contributed by atoms with Gasteiger partial charge >= 0.3 is 0 Å². The lowest BCUT2D eigenvalue weighted by Crippen LogP contribution is -2.46. The Labute approximate surface area is 103 Å². The van der Waals surface area contributed by atoms with Crippen molar-refractivity contribution in [2.75, 3.05) is 13.1 Å². The molecule has 0 aromatic carbocycles. The molecule has 4 heteroatoms. The summed E-state index contributed by atoms with van der Waals surface area (Å²) in [5.41, 5.74) is 0. The Bertz CT molecular complexity index is 282. The van der Waals surface area contributed by atoms with E-state index in [1.54, 1.807) is 0 Å². The topological polar surface area (TPSA) is 49.4 Å². The quantitative estimate of drug-likeness (QED) is 0.735. The number of hydrogen-bond donors (Lipinski definition) is 1. The highest BCUT2D eigenvalue weighted by atomic mass is 16.2. The summed E-state index contributed by atoms with van der Waals surface area (Å²) in [6.45, 7) is 3.55. The zero-order valence-corrected chi connectivity index (χ0v) is 10.6. The SMILES string of the molecule is CCNC(CN1C(=O)CCCCC1=O)C1CC1. The van der Waals surface area contributed by atoms with Crippen molar-refractivity contribution in [3.8, 4) is 0 Å². The van der Waals surface area contributed by atoms with Gasteiger partial charge in [-0.05, 0) is 38.1 Å². The molecule has 0 bridgehead atoms. The van der Waals surface area contributed by atoms with Crippen LogP contribution < -0.4 is 5.32 Å². The van der Waals surface area contributed by atoms with Crippen LogP contribution in [0.3, 0.4) is 0 Å². The number of hydrogen-bond acceptors (Lipinski definition) is 3. The molecule has 96 valence electrons. The van der Waals surface area contributed by atoms with E-state index in [1.165, 1.54) is 17.7 Å². The van der Waals surface area contributed by atoms with Crippen LogP contribution in [0, 0.1) is 5.92 Å². The lowest BCUT2D eigenvalue weighted by Gasteiger charge is -2.25. The van der Waals surface area contributed by atoms with Gasteiger partial charge in [-0.15, -0.1) is 0 Å². The molecule has 0 aromatic heterocycles. The van der Waals surface area contributed by atoms with Crippen LogP contribution >= 0.6 is 0 Å². The van der Waals surface area contributed by atoms with Crippen molar-refractivity contribution in [3.05, 3.63) is 0 Å². The van der Waals surface area contributed by atoms with Crippen molar-refractivity contribution in [1.82, 2.24) is 10.2 Å². The average Bonchev–Trinajstić information content (AvgIpc) is 3.12. The monoisotopic (exact) mass is 238 g/mol. The largest absolute Gasteiger partial charge is 0.312 e. The third-order valence-electron chi connectivity index (χ3n) is 3.67. The molecule has 2 rings (SSSR count). The summed E-state index contributed by atoms with van der Waals surface area (Å²) in [6.07, 6.45) is 5.25. The zero-order chi connectivity index (χ0) is 12.3. The van der Waals surface area contributed by atoms with E-state index >= 15 is 0 Å². The van der Waals surface area contributed by atoms with E-state index < -0.39 is 0 Å². The molecule has 1 atom stereocenters. The summed E-state index contributed by atoms with van der Waals surface area (Å²) < 4.78 is 0. The number of nitrogens with one attached hydrogen (secondary N) is 1. The van der Waals surface area contributed by atoms with E-state index in [4.69, 9.17) is 0 Å². The van der Waals surface area contributed by atoms with Gasteiger partial charge in [0.15, 0.2) is 0 Å². The molecular weight excluding hydrogens is 216 g/mol. The summed E-state index contributed by atoms with van der Waals surface area (Å²) in [5, 5.41) is 3.41. The minimum absolute atomic E-state index is 0.0241. The van der Waals surface area contributed by atoms with Crippen molar-refractivity contribution in [2.24, 2.45) is 5.92 Å². The first-order valence-corrected chi connectivity index (χ1v) is 6.79. The van der Waals surface area contributed by atoms with Gasteiger partial charge < -0.3 is 5.32 Å². The normalized spacial score (nSPS) is 23.7. The first kappa shape index (κ1) is 12.6. The first-order chi connectivity index (χ1) is 8.22. The molecule has 1 saturated carbocycles. The van der Waals surface area contributed by atoms with Gasteiger partial charge in [0.2, 0.25) is 11.8 Å². The molecule has 1 N–H and O–H groups in total. The van der Waals surface area contributed by atoms with Gasteiger partial charge in [0.1, 0.15) is 0 Å². The number of nitrogens with zero attached hydrogens (tertiary/aromatic N) is 1. The number of likely N-dealkylation sites (tertiary alicyclic amines) is 1. The molecule has 0 radical (unpaired) electrons. The molecule has 2 aliphatic rings. The van der Waals surface area contributed by atoms with Crippen molar-refractivity contribution < 1.29 is 9.59 Å². The van der Waals surface area contributed by atoms with Gasteiger partial charge in [0, 0.05) is 25.4 Å². The van der Waals surface area contributed by atoms with E-state index in [1.807, 2.05) is 0 Å².